The van der Waals surface area contributed by atoms with Crippen LogP contribution in [0.25, 0.3) is 10.9 Å². The lowest BCUT2D eigenvalue weighted by atomic mass is 10.0. The lowest BCUT2D eigenvalue weighted by Gasteiger charge is -2.16. The summed E-state index contributed by atoms with van der Waals surface area (Å²) in [6, 6.07) is 9.35. The van der Waals surface area contributed by atoms with Gasteiger partial charge in [-0.05, 0) is 29.8 Å². The summed E-state index contributed by atoms with van der Waals surface area (Å²) in [5.41, 5.74) is -1.15. The Balaban J connectivity index is 1.47. The number of nitrogens with one attached hydrogen (secondary N) is 2. The normalized spacial score (nSPS) is 19.9. The first kappa shape index (κ1) is 24.1. The van der Waals surface area contributed by atoms with Crippen molar-refractivity contribution in [2.45, 2.75) is 31.1 Å². The van der Waals surface area contributed by atoms with Gasteiger partial charge in [0.25, 0.3) is 11.5 Å². The van der Waals surface area contributed by atoms with Crippen molar-refractivity contribution in [3.8, 4) is 5.75 Å². The van der Waals surface area contributed by atoms with Gasteiger partial charge < -0.3 is 30.0 Å². The molecule has 1 fully saturated rings. The van der Waals surface area contributed by atoms with Crippen LogP contribution in [0.1, 0.15) is 29.0 Å². The van der Waals surface area contributed by atoms with Gasteiger partial charge in [-0.1, -0.05) is 23.7 Å². The van der Waals surface area contributed by atoms with Gasteiger partial charge in [-0.25, -0.2) is 9.37 Å². The number of ether oxygens (including phenoxy) is 2. The van der Waals surface area contributed by atoms with Crippen LogP contribution in [0.5, 0.6) is 5.75 Å². The van der Waals surface area contributed by atoms with Crippen molar-refractivity contribution in [3.05, 3.63) is 69.0 Å². The zero-order chi connectivity index (χ0) is 24.3. The van der Waals surface area contributed by atoms with E-state index in [1.807, 2.05) is 0 Å². The summed E-state index contributed by atoms with van der Waals surface area (Å²) in [5, 5.41) is 22.3. The number of hydrogen-bond acceptors (Lipinski definition) is 7. The second kappa shape index (κ2) is 10.1. The monoisotopic (exact) mass is 491 g/mol. The van der Waals surface area contributed by atoms with Crippen molar-refractivity contribution in [2.75, 3.05) is 19.8 Å². The quantitative estimate of drug-likeness (QED) is 0.378. The van der Waals surface area contributed by atoms with Crippen molar-refractivity contribution in [3.63, 3.8) is 0 Å². The average Bonchev–Trinajstić information content (AvgIpc) is 3.20. The highest BCUT2D eigenvalue weighted by molar-refractivity contribution is 6.30. The Hall–Kier alpha value is -3.05. The molecule has 4 N–H and O–H groups in total. The molecule has 0 bridgehead atoms. The third-order valence-corrected chi connectivity index (χ3v) is 5.75. The predicted molar refractivity (Wildman–Crippen MR) is 121 cm³/mol. The number of aromatic amines is 1. The van der Waals surface area contributed by atoms with Gasteiger partial charge in [0.05, 0.1) is 31.4 Å². The van der Waals surface area contributed by atoms with Gasteiger partial charge in [-0.15, -0.1) is 0 Å². The number of amides is 1. The zero-order valence-electron chi connectivity index (χ0n) is 18.0. The van der Waals surface area contributed by atoms with E-state index in [1.165, 1.54) is 6.07 Å². The van der Waals surface area contributed by atoms with Crippen LogP contribution in [0.2, 0.25) is 5.02 Å². The molecule has 1 saturated heterocycles. The van der Waals surface area contributed by atoms with Crippen LogP contribution in [-0.2, 0) is 11.3 Å². The molecule has 34 heavy (non-hydrogen) atoms. The van der Waals surface area contributed by atoms with Crippen LogP contribution in [0.4, 0.5) is 4.39 Å². The van der Waals surface area contributed by atoms with E-state index in [1.54, 1.807) is 24.3 Å². The number of aromatic nitrogens is 2. The largest absolute Gasteiger partial charge is 0.489 e. The van der Waals surface area contributed by atoms with Gasteiger partial charge in [0.1, 0.15) is 11.0 Å². The van der Waals surface area contributed by atoms with Gasteiger partial charge in [0, 0.05) is 24.4 Å². The minimum atomic E-state index is -1.29. The molecule has 4 rings (SSSR count). The average molecular weight is 492 g/mol. The third-order valence-electron chi connectivity index (χ3n) is 5.51. The Bertz CT molecular complexity index is 1270. The van der Waals surface area contributed by atoms with Crippen LogP contribution < -0.4 is 15.6 Å². The van der Waals surface area contributed by atoms with Crippen molar-refractivity contribution in [2.24, 2.45) is 0 Å². The Morgan fingerprint density at radius 1 is 1.38 bits per heavy atom. The molecular weight excluding hydrogens is 469 g/mol. The van der Waals surface area contributed by atoms with Gasteiger partial charge in [-0.3, -0.25) is 9.59 Å². The molecule has 11 heteroatoms. The highest BCUT2D eigenvalue weighted by Gasteiger charge is 2.37. The first-order chi connectivity index (χ1) is 16.3. The minimum Gasteiger partial charge on any atom is -0.489 e. The van der Waals surface area contributed by atoms with Gasteiger partial charge in [0.15, 0.2) is 17.4 Å². The molecular formula is C23H23ClFN3O6. The summed E-state index contributed by atoms with van der Waals surface area (Å²) in [4.78, 5) is 31.8. The van der Waals surface area contributed by atoms with Crippen LogP contribution in [0.3, 0.4) is 0 Å². The van der Waals surface area contributed by atoms with E-state index in [0.717, 1.165) is 11.6 Å². The van der Waals surface area contributed by atoms with E-state index in [4.69, 9.17) is 21.1 Å². The third kappa shape index (κ3) is 5.36. The summed E-state index contributed by atoms with van der Waals surface area (Å²) >= 11 is 5.94. The molecule has 2 unspecified atom stereocenters. The van der Waals surface area contributed by atoms with Gasteiger partial charge in [0.2, 0.25) is 0 Å². The molecule has 1 aliphatic heterocycles. The number of benzene rings is 2. The lowest BCUT2D eigenvalue weighted by molar-refractivity contribution is -0.0218. The molecule has 2 atom stereocenters. The summed E-state index contributed by atoms with van der Waals surface area (Å²) in [7, 11) is 0. The number of rotatable bonds is 8. The number of H-pyrrole nitrogens is 1. The highest BCUT2D eigenvalue weighted by Crippen LogP contribution is 2.28. The Morgan fingerprint density at radius 3 is 2.94 bits per heavy atom. The molecule has 0 radical (unpaired) electrons. The maximum atomic E-state index is 14.5. The Labute approximate surface area is 198 Å². The lowest BCUT2D eigenvalue weighted by Crippen LogP contribution is -2.33. The molecule has 1 amide bonds. The van der Waals surface area contributed by atoms with E-state index in [0.29, 0.717) is 11.4 Å². The van der Waals surface area contributed by atoms with E-state index in [-0.39, 0.29) is 54.8 Å². The number of hydrogen-bond donors (Lipinski definition) is 4. The molecule has 3 aromatic rings. The standard InChI is InChI=1S/C23H23ClFN3O6/c24-14-3-1-2-13(8-14)10-26-22(31)20-27-17-5-4-16(25)19(18(17)21(30)28-20)33-7-6-15-9-23(32,11-29)12-34-15/h1-5,8,15,29,32H,6-7,9-12H2,(H,26,31)(H,27,28,30). The van der Waals surface area contributed by atoms with Gasteiger partial charge in [-0.2, -0.15) is 0 Å². The van der Waals surface area contributed by atoms with Crippen LogP contribution >= 0.6 is 11.6 Å². The molecule has 0 saturated carbocycles. The van der Waals surface area contributed by atoms with Crippen molar-refractivity contribution >= 4 is 28.4 Å². The molecule has 0 aliphatic carbocycles. The molecule has 2 aromatic carbocycles. The van der Waals surface area contributed by atoms with Crippen LogP contribution in [0, 0.1) is 5.82 Å². The molecule has 1 aromatic heterocycles. The fourth-order valence-corrected chi connectivity index (χ4v) is 3.96. The minimum absolute atomic E-state index is 0.00252. The van der Waals surface area contributed by atoms with E-state index in [9.17, 15) is 24.2 Å². The predicted octanol–water partition coefficient (Wildman–Crippen LogP) is 1.93. The highest BCUT2D eigenvalue weighted by atomic mass is 35.5. The van der Waals surface area contributed by atoms with Crippen molar-refractivity contribution in [1.82, 2.24) is 15.3 Å². The maximum absolute atomic E-state index is 14.5. The summed E-state index contributed by atoms with van der Waals surface area (Å²) in [6.45, 7) is -0.238. The molecule has 180 valence electrons. The second-order valence-electron chi connectivity index (χ2n) is 8.15. The molecule has 1 aliphatic rings. The molecule has 2 heterocycles. The Kier molecular flexibility index (Phi) is 7.13. The first-order valence-electron chi connectivity index (χ1n) is 10.6. The van der Waals surface area contributed by atoms with Crippen molar-refractivity contribution in [1.29, 1.82) is 0 Å². The summed E-state index contributed by atoms with van der Waals surface area (Å²) in [5.74, 6) is -1.87. The Morgan fingerprint density at radius 2 is 2.21 bits per heavy atom. The molecule has 9 nitrogen and oxygen atoms in total. The summed E-state index contributed by atoms with van der Waals surface area (Å²) in [6.07, 6.45) is 0.162. The van der Waals surface area contributed by atoms with Gasteiger partial charge >= 0.3 is 0 Å². The zero-order valence-corrected chi connectivity index (χ0v) is 18.8. The second-order valence-corrected chi connectivity index (χ2v) is 8.59. The number of aliphatic hydroxyl groups excluding tert-OH is 1. The number of halogens is 2. The topological polar surface area (TPSA) is 134 Å². The maximum Gasteiger partial charge on any atom is 0.287 e. The van der Waals surface area contributed by atoms with Crippen molar-refractivity contribution < 1.29 is 28.9 Å². The number of carbonyl (C=O) groups is 1. The summed E-state index contributed by atoms with van der Waals surface area (Å²) < 4.78 is 25.4. The smallest absolute Gasteiger partial charge is 0.287 e. The van der Waals surface area contributed by atoms with Crippen LogP contribution in [-0.4, -0.2) is 57.6 Å². The van der Waals surface area contributed by atoms with E-state index >= 15 is 0 Å². The molecule has 0 spiro atoms. The number of nitrogens with zero attached hydrogens (tertiary/aromatic N) is 1. The SMILES string of the molecule is O=C(NCc1cccc(Cl)c1)c1nc2ccc(F)c(OCCC3CC(O)(CO)CO3)c2c(=O)[nH]1. The number of fused-ring (bicyclic) bond motifs is 1. The number of carbonyl (C=O) groups excluding carboxylic acids is 1. The van der Waals surface area contributed by atoms with Crippen LogP contribution in [0.15, 0.2) is 41.2 Å². The van der Waals surface area contributed by atoms with E-state index in [2.05, 4.69) is 15.3 Å². The fourth-order valence-electron chi connectivity index (χ4n) is 3.74. The fraction of sp³-hybridized carbons (Fsp3) is 0.348. The first-order valence-corrected chi connectivity index (χ1v) is 11.0. The van der Waals surface area contributed by atoms with E-state index < -0.39 is 29.5 Å². The number of aliphatic hydroxyl groups is 2.